The smallest absolute Gasteiger partial charge is 0.373 e. The van der Waals surface area contributed by atoms with E-state index in [-0.39, 0.29) is 11.7 Å². The van der Waals surface area contributed by atoms with Gasteiger partial charge in [0.1, 0.15) is 5.76 Å². The fraction of sp³-hybridized carbons (Fsp3) is 0.0400. The molecule has 0 aliphatic carbocycles. The highest BCUT2D eigenvalue weighted by Crippen LogP contribution is 2.24. The summed E-state index contributed by atoms with van der Waals surface area (Å²) in [6.45, 7) is 0. The number of hydrogen-bond donors (Lipinski definition) is 1. The van der Waals surface area contributed by atoms with Crippen molar-refractivity contribution in [1.82, 2.24) is 0 Å². The molecule has 4 aromatic rings. The molecule has 0 radical (unpaired) electrons. The van der Waals surface area contributed by atoms with Crippen molar-refractivity contribution < 1.29 is 18.7 Å². The number of rotatable bonds is 5. The molecule has 1 aromatic heterocycles. The van der Waals surface area contributed by atoms with E-state index in [9.17, 15) is 9.59 Å². The van der Waals surface area contributed by atoms with Crippen molar-refractivity contribution >= 4 is 17.6 Å². The lowest BCUT2D eigenvalue weighted by Crippen LogP contribution is -2.11. The Labute approximate surface area is 173 Å². The molecule has 0 saturated carbocycles. The normalized spacial score (nSPS) is 10.4. The third kappa shape index (κ3) is 4.15. The number of carbonyl (C=O) groups excluding carboxylic acids is 2. The highest BCUT2D eigenvalue weighted by Gasteiger charge is 2.13. The summed E-state index contributed by atoms with van der Waals surface area (Å²) in [5, 5.41) is 2.90. The largest absolute Gasteiger partial charge is 0.463 e. The maximum atomic E-state index is 12.6. The number of ether oxygens (including phenoxy) is 1. The van der Waals surface area contributed by atoms with Gasteiger partial charge in [-0.2, -0.15) is 0 Å². The van der Waals surface area contributed by atoms with Gasteiger partial charge in [-0.15, -0.1) is 0 Å². The zero-order valence-corrected chi connectivity index (χ0v) is 16.3. The first-order valence-electron chi connectivity index (χ1n) is 9.39. The molecule has 4 rings (SSSR count). The van der Waals surface area contributed by atoms with Gasteiger partial charge in [0.05, 0.1) is 7.11 Å². The second-order valence-corrected chi connectivity index (χ2v) is 6.63. The molecule has 30 heavy (non-hydrogen) atoms. The van der Waals surface area contributed by atoms with Crippen molar-refractivity contribution in [1.29, 1.82) is 0 Å². The lowest BCUT2D eigenvalue weighted by atomic mass is 10.1. The van der Waals surface area contributed by atoms with Gasteiger partial charge in [-0.3, -0.25) is 4.79 Å². The van der Waals surface area contributed by atoms with Crippen LogP contribution in [0.25, 0.3) is 22.5 Å². The van der Waals surface area contributed by atoms with Gasteiger partial charge >= 0.3 is 5.97 Å². The van der Waals surface area contributed by atoms with Crippen molar-refractivity contribution in [3.05, 3.63) is 102 Å². The van der Waals surface area contributed by atoms with E-state index in [0.717, 1.165) is 22.4 Å². The van der Waals surface area contributed by atoms with Crippen LogP contribution >= 0.6 is 0 Å². The van der Waals surface area contributed by atoms with Crippen LogP contribution in [-0.4, -0.2) is 19.0 Å². The Kier molecular flexibility index (Phi) is 5.44. The molecule has 0 bridgehead atoms. The van der Waals surface area contributed by atoms with Crippen LogP contribution in [0, 0.1) is 0 Å². The van der Waals surface area contributed by atoms with Crippen molar-refractivity contribution in [3.8, 4) is 22.5 Å². The van der Waals surface area contributed by atoms with E-state index in [1.165, 1.54) is 7.11 Å². The number of carbonyl (C=O) groups is 2. The number of furan rings is 1. The van der Waals surface area contributed by atoms with Gasteiger partial charge < -0.3 is 14.5 Å². The van der Waals surface area contributed by atoms with Gasteiger partial charge in [0.25, 0.3) is 5.91 Å². The van der Waals surface area contributed by atoms with Crippen molar-refractivity contribution in [2.75, 3.05) is 12.4 Å². The summed E-state index contributed by atoms with van der Waals surface area (Å²) in [6.07, 6.45) is 0. The molecule has 3 aromatic carbocycles. The van der Waals surface area contributed by atoms with Crippen LogP contribution in [-0.2, 0) is 4.74 Å². The Bertz CT molecular complexity index is 1160. The van der Waals surface area contributed by atoms with Crippen LogP contribution in [0.3, 0.4) is 0 Å². The summed E-state index contributed by atoms with van der Waals surface area (Å²) in [5.41, 5.74) is 4.21. The third-order valence-electron chi connectivity index (χ3n) is 4.67. The molecule has 0 aliphatic rings. The van der Waals surface area contributed by atoms with Crippen LogP contribution in [0.4, 0.5) is 5.69 Å². The molecule has 1 N–H and O–H groups in total. The SMILES string of the molecule is COC(=O)c1ccc(-c2ccc(C(=O)Nc3ccc(-c4ccccc4)cc3)cc2)o1. The molecular weight excluding hydrogens is 378 g/mol. The van der Waals surface area contributed by atoms with E-state index in [2.05, 4.69) is 10.1 Å². The standard InChI is InChI=1S/C25H19NO4/c1-29-25(28)23-16-15-22(30-23)19-7-9-20(10-8-19)24(27)26-21-13-11-18(12-14-21)17-5-3-2-4-6-17/h2-16H,1H3,(H,26,27). The van der Waals surface area contributed by atoms with Gasteiger partial charge in [0, 0.05) is 16.8 Å². The number of esters is 1. The van der Waals surface area contributed by atoms with E-state index >= 15 is 0 Å². The Balaban J connectivity index is 1.44. The molecule has 1 amide bonds. The maximum Gasteiger partial charge on any atom is 0.373 e. The highest BCUT2D eigenvalue weighted by atomic mass is 16.5. The quantitative estimate of drug-likeness (QED) is 0.442. The second kappa shape index (κ2) is 8.49. The fourth-order valence-electron chi connectivity index (χ4n) is 3.07. The molecule has 5 nitrogen and oxygen atoms in total. The summed E-state index contributed by atoms with van der Waals surface area (Å²) in [6, 6.07) is 28.0. The Morgan fingerprint density at radius 1 is 0.733 bits per heavy atom. The number of nitrogens with one attached hydrogen (secondary N) is 1. The number of anilines is 1. The van der Waals surface area contributed by atoms with Crippen molar-refractivity contribution in [2.24, 2.45) is 0 Å². The topological polar surface area (TPSA) is 68.5 Å². The predicted molar refractivity (Wildman–Crippen MR) is 115 cm³/mol. The first-order chi connectivity index (χ1) is 14.6. The Hall–Kier alpha value is -4.12. The van der Waals surface area contributed by atoms with E-state index < -0.39 is 5.97 Å². The first kappa shape index (κ1) is 19.2. The molecular formula is C25H19NO4. The van der Waals surface area contributed by atoms with Gasteiger partial charge in [-0.05, 0) is 47.5 Å². The average Bonchev–Trinajstić information content (AvgIpc) is 3.30. The molecule has 0 unspecified atom stereocenters. The third-order valence-corrected chi connectivity index (χ3v) is 4.67. The summed E-state index contributed by atoms with van der Waals surface area (Å²) in [4.78, 5) is 24.1. The molecule has 0 aliphatic heterocycles. The Morgan fingerprint density at radius 2 is 1.37 bits per heavy atom. The van der Waals surface area contributed by atoms with E-state index in [0.29, 0.717) is 11.3 Å². The molecule has 0 fully saturated rings. The van der Waals surface area contributed by atoms with Gasteiger partial charge in [0.2, 0.25) is 5.76 Å². The number of methoxy groups -OCH3 is 1. The lowest BCUT2D eigenvalue weighted by molar-refractivity contribution is 0.0566. The molecule has 1 heterocycles. The maximum absolute atomic E-state index is 12.6. The van der Waals surface area contributed by atoms with Crippen LogP contribution in [0.1, 0.15) is 20.9 Å². The molecule has 148 valence electrons. The van der Waals surface area contributed by atoms with Crippen LogP contribution < -0.4 is 5.32 Å². The minimum absolute atomic E-state index is 0.133. The highest BCUT2D eigenvalue weighted by molar-refractivity contribution is 6.04. The zero-order valence-electron chi connectivity index (χ0n) is 16.3. The van der Waals surface area contributed by atoms with Gasteiger partial charge in [-0.25, -0.2) is 4.79 Å². The summed E-state index contributed by atoms with van der Waals surface area (Å²) < 4.78 is 10.1. The molecule has 5 heteroatoms. The van der Waals surface area contributed by atoms with Crippen LogP contribution in [0.2, 0.25) is 0 Å². The molecule has 0 spiro atoms. The number of benzene rings is 3. The lowest BCUT2D eigenvalue weighted by Gasteiger charge is -2.07. The second-order valence-electron chi connectivity index (χ2n) is 6.63. The molecule has 0 saturated heterocycles. The number of amides is 1. The van der Waals surface area contributed by atoms with Crippen LogP contribution in [0.15, 0.2) is 95.4 Å². The van der Waals surface area contributed by atoms with Gasteiger partial charge in [0.15, 0.2) is 0 Å². The fourth-order valence-corrected chi connectivity index (χ4v) is 3.07. The van der Waals surface area contributed by atoms with Crippen LogP contribution in [0.5, 0.6) is 0 Å². The predicted octanol–water partition coefficient (Wildman–Crippen LogP) is 5.65. The summed E-state index contributed by atoms with van der Waals surface area (Å²) in [7, 11) is 1.30. The van der Waals surface area contributed by atoms with Gasteiger partial charge in [-0.1, -0.05) is 54.6 Å². The zero-order chi connectivity index (χ0) is 20.9. The summed E-state index contributed by atoms with van der Waals surface area (Å²) in [5.74, 6) is -0.0774. The monoisotopic (exact) mass is 397 g/mol. The Morgan fingerprint density at radius 3 is 2.03 bits per heavy atom. The summed E-state index contributed by atoms with van der Waals surface area (Å²) >= 11 is 0. The minimum Gasteiger partial charge on any atom is -0.463 e. The van der Waals surface area contributed by atoms with E-state index in [4.69, 9.17) is 4.42 Å². The minimum atomic E-state index is -0.532. The van der Waals surface area contributed by atoms with Crippen molar-refractivity contribution in [2.45, 2.75) is 0 Å². The average molecular weight is 397 g/mol. The van der Waals surface area contributed by atoms with Crippen molar-refractivity contribution in [3.63, 3.8) is 0 Å². The molecule has 0 atom stereocenters. The number of hydrogen-bond acceptors (Lipinski definition) is 4. The van der Waals surface area contributed by atoms with E-state index in [1.807, 2.05) is 54.6 Å². The van der Waals surface area contributed by atoms with E-state index in [1.54, 1.807) is 36.4 Å². The first-order valence-corrected chi connectivity index (χ1v) is 9.39.